The number of nitrogens with zero attached hydrogens (tertiary/aromatic N) is 2. The van der Waals surface area contributed by atoms with Crippen LogP contribution in [0.5, 0.6) is 0 Å². The third-order valence-corrected chi connectivity index (χ3v) is 6.37. The lowest BCUT2D eigenvalue weighted by atomic mass is 9.97. The van der Waals surface area contributed by atoms with Gasteiger partial charge in [0.15, 0.2) is 0 Å². The number of carbonyl (C=O) groups excluding carboxylic acids is 1. The third-order valence-electron chi connectivity index (χ3n) is 4.45. The van der Waals surface area contributed by atoms with Crippen LogP contribution in [0, 0.1) is 0 Å². The Hall–Kier alpha value is -1.98. The second-order valence-corrected chi connectivity index (χ2v) is 7.90. The molecule has 1 atom stereocenters. The molecule has 1 aliphatic rings. The van der Waals surface area contributed by atoms with Crippen molar-refractivity contribution in [2.45, 2.75) is 25.3 Å². The molecule has 3 aromatic rings. The van der Waals surface area contributed by atoms with Gasteiger partial charge < -0.3 is 4.90 Å². The molecule has 0 spiro atoms. The summed E-state index contributed by atoms with van der Waals surface area (Å²) in [6.45, 7) is 0.807. The number of pyridine rings is 1. The van der Waals surface area contributed by atoms with Crippen molar-refractivity contribution in [3.63, 3.8) is 0 Å². The van der Waals surface area contributed by atoms with E-state index in [0.717, 1.165) is 24.9 Å². The number of hydrogen-bond donors (Lipinski definition) is 0. The van der Waals surface area contributed by atoms with Gasteiger partial charge >= 0.3 is 0 Å². The van der Waals surface area contributed by atoms with E-state index in [2.05, 4.69) is 38.8 Å². The van der Waals surface area contributed by atoms with Crippen molar-refractivity contribution < 1.29 is 4.79 Å². The number of fused-ring (bicyclic) bond motifs is 1. The van der Waals surface area contributed by atoms with Crippen molar-refractivity contribution in [1.82, 2.24) is 9.88 Å². The maximum atomic E-state index is 12.9. The second-order valence-electron chi connectivity index (χ2n) is 5.92. The van der Waals surface area contributed by atoms with Crippen LogP contribution in [-0.2, 0) is 17.6 Å². The van der Waals surface area contributed by atoms with Crippen LogP contribution in [0.25, 0.3) is 0 Å². The standard InChI is InChI=1S/C19H18N2OS2/c22-18(6-5-14-3-1-9-20-13-14)21-10-7-16-15(8-12-24-16)19(21)17-4-2-11-23-17/h1-4,8-9,11-13,19H,5-7,10H2/t19-/m0/s1. The quantitative estimate of drug-likeness (QED) is 0.699. The molecular formula is C19H18N2OS2. The summed E-state index contributed by atoms with van der Waals surface area (Å²) in [4.78, 5) is 21.8. The minimum absolute atomic E-state index is 0.0846. The fourth-order valence-corrected chi connectivity index (χ4v) is 5.04. The van der Waals surface area contributed by atoms with Crippen LogP contribution in [0.4, 0.5) is 0 Å². The first-order chi connectivity index (χ1) is 11.8. The van der Waals surface area contributed by atoms with Gasteiger partial charge in [-0.15, -0.1) is 22.7 Å². The van der Waals surface area contributed by atoms with Gasteiger partial charge in [0.05, 0.1) is 6.04 Å². The molecule has 122 valence electrons. The van der Waals surface area contributed by atoms with Crippen molar-refractivity contribution in [2.75, 3.05) is 6.54 Å². The summed E-state index contributed by atoms with van der Waals surface area (Å²) < 4.78 is 0. The van der Waals surface area contributed by atoms with Crippen molar-refractivity contribution in [3.8, 4) is 0 Å². The highest BCUT2D eigenvalue weighted by Crippen LogP contribution is 2.39. The lowest BCUT2D eigenvalue weighted by Crippen LogP contribution is -2.39. The van der Waals surface area contributed by atoms with Crippen molar-refractivity contribution in [2.24, 2.45) is 0 Å². The van der Waals surface area contributed by atoms with E-state index < -0.39 is 0 Å². The van der Waals surface area contributed by atoms with E-state index >= 15 is 0 Å². The van der Waals surface area contributed by atoms with Crippen LogP contribution < -0.4 is 0 Å². The predicted molar refractivity (Wildman–Crippen MR) is 98.5 cm³/mol. The molecule has 3 nitrogen and oxygen atoms in total. The second kappa shape index (κ2) is 6.87. The third kappa shape index (κ3) is 3.01. The van der Waals surface area contributed by atoms with Gasteiger partial charge in [0.2, 0.25) is 5.91 Å². The highest BCUT2D eigenvalue weighted by molar-refractivity contribution is 7.10. The van der Waals surface area contributed by atoms with E-state index in [4.69, 9.17) is 0 Å². The topological polar surface area (TPSA) is 33.2 Å². The fraction of sp³-hybridized carbons (Fsp3) is 0.263. The van der Waals surface area contributed by atoms with E-state index in [0.29, 0.717) is 6.42 Å². The Balaban J connectivity index is 1.56. The minimum Gasteiger partial charge on any atom is -0.330 e. The lowest BCUT2D eigenvalue weighted by molar-refractivity contribution is -0.133. The monoisotopic (exact) mass is 354 g/mol. The molecule has 0 bridgehead atoms. The van der Waals surface area contributed by atoms with Crippen molar-refractivity contribution >= 4 is 28.6 Å². The SMILES string of the molecule is O=C(CCc1cccnc1)N1CCc2sccc2[C@H]1c1cccs1. The average Bonchev–Trinajstić information content (AvgIpc) is 3.31. The van der Waals surface area contributed by atoms with E-state index in [1.807, 2.05) is 29.7 Å². The molecule has 0 fully saturated rings. The number of thiophene rings is 2. The summed E-state index contributed by atoms with van der Waals surface area (Å²) in [5.74, 6) is 0.231. The molecule has 0 N–H and O–H groups in total. The van der Waals surface area contributed by atoms with Crippen molar-refractivity contribution in [1.29, 1.82) is 0 Å². The zero-order chi connectivity index (χ0) is 16.4. The van der Waals surface area contributed by atoms with Crippen LogP contribution in [0.1, 0.15) is 33.3 Å². The van der Waals surface area contributed by atoms with Crippen molar-refractivity contribution in [3.05, 3.63) is 74.4 Å². The zero-order valence-corrected chi connectivity index (χ0v) is 14.9. The first-order valence-corrected chi connectivity index (χ1v) is 9.87. The normalized spacial score (nSPS) is 16.8. The smallest absolute Gasteiger partial charge is 0.223 e. The molecule has 0 aromatic carbocycles. The Kier molecular flexibility index (Phi) is 4.45. The van der Waals surface area contributed by atoms with Gasteiger partial charge in [0, 0.05) is 35.1 Å². The van der Waals surface area contributed by atoms with Crippen LogP contribution in [0.15, 0.2) is 53.5 Å². The molecule has 1 aliphatic heterocycles. The number of amides is 1. The molecule has 1 amide bonds. The number of rotatable bonds is 4. The Labute approximate surface area is 149 Å². The van der Waals surface area contributed by atoms with Gasteiger partial charge in [-0.05, 0) is 52.9 Å². The fourth-order valence-electron chi connectivity index (χ4n) is 3.28. The molecule has 0 unspecified atom stereocenters. The van der Waals surface area contributed by atoms with Crippen LogP contribution in [-0.4, -0.2) is 22.3 Å². The molecule has 3 aromatic heterocycles. The Morgan fingerprint density at radius 3 is 2.96 bits per heavy atom. The van der Waals surface area contributed by atoms with Gasteiger partial charge in [-0.25, -0.2) is 0 Å². The molecule has 0 radical (unpaired) electrons. The van der Waals surface area contributed by atoms with Crippen LogP contribution in [0.2, 0.25) is 0 Å². The van der Waals surface area contributed by atoms with E-state index in [1.54, 1.807) is 17.5 Å². The summed E-state index contributed by atoms with van der Waals surface area (Å²) in [7, 11) is 0. The zero-order valence-electron chi connectivity index (χ0n) is 13.2. The molecule has 0 saturated heterocycles. The Morgan fingerprint density at radius 2 is 2.17 bits per heavy atom. The number of hydrogen-bond acceptors (Lipinski definition) is 4. The molecule has 24 heavy (non-hydrogen) atoms. The predicted octanol–water partition coefficient (Wildman–Crippen LogP) is 4.31. The number of aromatic nitrogens is 1. The minimum atomic E-state index is 0.0846. The van der Waals surface area contributed by atoms with Crippen LogP contribution >= 0.6 is 22.7 Å². The maximum absolute atomic E-state index is 12.9. The first kappa shape index (κ1) is 15.5. The molecule has 4 heterocycles. The summed E-state index contributed by atoms with van der Waals surface area (Å²) in [5.41, 5.74) is 2.43. The Morgan fingerprint density at radius 1 is 1.21 bits per heavy atom. The number of carbonyl (C=O) groups is 1. The highest BCUT2D eigenvalue weighted by Gasteiger charge is 2.32. The highest BCUT2D eigenvalue weighted by atomic mass is 32.1. The largest absolute Gasteiger partial charge is 0.330 e. The molecular weight excluding hydrogens is 336 g/mol. The summed E-state index contributed by atoms with van der Waals surface area (Å²) in [6, 6.07) is 10.4. The first-order valence-electron chi connectivity index (χ1n) is 8.11. The van der Waals surface area contributed by atoms with Gasteiger partial charge in [-0.2, -0.15) is 0 Å². The van der Waals surface area contributed by atoms with E-state index in [9.17, 15) is 4.79 Å². The summed E-state index contributed by atoms with van der Waals surface area (Å²) >= 11 is 3.54. The molecule has 0 aliphatic carbocycles. The Bertz CT molecular complexity index is 811. The summed E-state index contributed by atoms with van der Waals surface area (Å²) in [5, 5.41) is 4.24. The molecule has 4 rings (SSSR count). The van der Waals surface area contributed by atoms with Gasteiger partial charge in [-0.3, -0.25) is 9.78 Å². The summed E-state index contributed by atoms with van der Waals surface area (Å²) in [6.07, 6.45) is 5.86. The lowest BCUT2D eigenvalue weighted by Gasteiger charge is -2.35. The average molecular weight is 355 g/mol. The van der Waals surface area contributed by atoms with Gasteiger partial charge in [-0.1, -0.05) is 12.1 Å². The van der Waals surface area contributed by atoms with Gasteiger partial charge in [0.25, 0.3) is 0 Å². The van der Waals surface area contributed by atoms with E-state index in [-0.39, 0.29) is 11.9 Å². The van der Waals surface area contributed by atoms with Crippen LogP contribution in [0.3, 0.4) is 0 Å². The maximum Gasteiger partial charge on any atom is 0.223 e. The van der Waals surface area contributed by atoms with E-state index in [1.165, 1.54) is 15.3 Å². The number of aryl methyl sites for hydroxylation is 1. The van der Waals surface area contributed by atoms with Gasteiger partial charge in [0.1, 0.15) is 0 Å². The molecule has 0 saturated carbocycles. The molecule has 5 heteroatoms.